The molecule has 0 amide bonds. The van der Waals surface area contributed by atoms with Crippen LogP contribution in [0, 0.1) is 25.2 Å². The van der Waals surface area contributed by atoms with Crippen LogP contribution >= 0.6 is 0 Å². The monoisotopic (exact) mass is 755 g/mol. The van der Waals surface area contributed by atoms with E-state index in [1.807, 2.05) is 78.9 Å². The molecule has 10 rings (SSSR count). The number of aromatic nitrogens is 4. The van der Waals surface area contributed by atoms with Gasteiger partial charge in [0, 0.05) is 27.5 Å². The molecule has 0 spiro atoms. The van der Waals surface area contributed by atoms with Crippen molar-refractivity contribution in [3.05, 3.63) is 205 Å². The Hall–Kier alpha value is -7.94. The van der Waals surface area contributed by atoms with Crippen LogP contribution in [0.3, 0.4) is 0 Å². The van der Waals surface area contributed by atoms with Crippen LogP contribution in [0.2, 0.25) is 0 Å². The van der Waals surface area contributed by atoms with Crippen LogP contribution in [0.25, 0.3) is 95.0 Å². The Labute approximate surface area is 343 Å². The lowest BCUT2D eigenvalue weighted by Gasteiger charge is -2.17. The number of aryl methyl sites for hydroxylation is 2. The van der Waals surface area contributed by atoms with Crippen LogP contribution in [0.1, 0.15) is 16.7 Å². The van der Waals surface area contributed by atoms with Crippen molar-refractivity contribution in [2.45, 2.75) is 13.8 Å². The maximum absolute atomic E-state index is 9.88. The first-order chi connectivity index (χ1) is 29.0. The Balaban J connectivity index is 1.32. The number of rotatable bonds is 7. The summed E-state index contributed by atoms with van der Waals surface area (Å²) in [4.78, 5) is 15.5. The zero-order valence-electron chi connectivity index (χ0n) is 32.6. The Kier molecular flexibility index (Phi) is 8.93. The third-order valence-corrected chi connectivity index (χ3v) is 11.0. The van der Waals surface area contributed by atoms with E-state index in [1.54, 1.807) is 0 Å². The molecule has 0 atom stereocenters. The SMILES string of the molecule is Cc1cccc(-c2ccc3c4ccc(-c5cccc(C)c5)cc4n(-c4cc(-c5cccc(C#N)c5)ccc4-c4nc(-c5ccccc5)nc(-c5ccccc5)n4)c3c2)c1. The topological polar surface area (TPSA) is 67.4 Å². The van der Waals surface area contributed by atoms with Crippen molar-refractivity contribution in [3.8, 4) is 79.3 Å². The van der Waals surface area contributed by atoms with Crippen molar-refractivity contribution in [2.75, 3.05) is 0 Å². The van der Waals surface area contributed by atoms with E-state index in [0.717, 1.165) is 77.6 Å². The molecule has 59 heavy (non-hydrogen) atoms. The molecule has 10 aromatic rings. The predicted molar refractivity (Wildman–Crippen MR) is 241 cm³/mol. The van der Waals surface area contributed by atoms with Crippen molar-refractivity contribution >= 4 is 21.8 Å². The largest absolute Gasteiger partial charge is 0.308 e. The first kappa shape index (κ1) is 35.5. The molecule has 5 heteroatoms. The van der Waals surface area contributed by atoms with E-state index in [9.17, 15) is 5.26 Å². The van der Waals surface area contributed by atoms with Gasteiger partial charge in [-0.3, -0.25) is 0 Å². The Morgan fingerprint density at radius 2 is 0.831 bits per heavy atom. The van der Waals surface area contributed by atoms with E-state index < -0.39 is 0 Å². The van der Waals surface area contributed by atoms with E-state index in [-0.39, 0.29) is 0 Å². The Bertz CT molecular complexity index is 3090. The molecule has 0 N–H and O–H groups in total. The van der Waals surface area contributed by atoms with Crippen LogP contribution < -0.4 is 0 Å². The third-order valence-electron chi connectivity index (χ3n) is 11.0. The number of nitrogens with zero attached hydrogens (tertiary/aromatic N) is 5. The van der Waals surface area contributed by atoms with Crippen LogP contribution in [0.4, 0.5) is 0 Å². The molecule has 0 radical (unpaired) electrons. The molecular formula is C54H37N5. The van der Waals surface area contributed by atoms with Gasteiger partial charge in [-0.1, -0.05) is 163 Å². The highest BCUT2D eigenvalue weighted by Crippen LogP contribution is 2.41. The molecule has 2 aromatic heterocycles. The second-order valence-corrected chi connectivity index (χ2v) is 15.0. The summed E-state index contributed by atoms with van der Waals surface area (Å²) in [7, 11) is 0. The molecule has 0 fully saturated rings. The molecule has 0 saturated heterocycles. The first-order valence-corrected chi connectivity index (χ1v) is 19.7. The lowest BCUT2D eigenvalue weighted by Crippen LogP contribution is -2.04. The minimum absolute atomic E-state index is 0.560. The van der Waals surface area contributed by atoms with E-state index in [2.05, 4.69) is 134 Å². The third kappa shape index (κ3) is 6.73. The van der Waals surface area contributed by atoms with E-state index in [1.165, 1.54) is 11.1 Å². The maximum atomic E-state index is 9.88. The summed E-state index contributed by atoms with van der Waals surface area (Å²) in [5, 5.41) is 12.2. The van der Waals surface area contributed by atoms with Crippen molar-refractivity contribution in [2.24, 2.45) is 0 Å². The highest BCUT2D eigenvalue weighted by Gasteiger charge is 2.21. The average Bonchev–Trinajstić information content (AvgIpc) is 3.62. The summed E-state index contributed by atoms with van der Waals surface area (Å²) >= 11 is 0. The molecule has 0 aliphatic heterocycles. The molecule has 0 bridgehead atoms. The summed E-state index contributed by atoms with van der Waals surface area (Å²) in [6.07, 6.45) is 0. The summed E-state index contributed by atoms with van der Waals surface area (Å²) in [6.45, 7) is 4.26. The fourth-order valence-corrected chi connectivity index (χ4v) is 8.07. The van der Waals surface area contributed by atoms with Crippen LogP contribution in [-0.4, -0.2) is 19.5 Å². The van der Waals surface area contributed by atoms with Gasteiger partial charge in [0.2, 0.25) is 0 Å². The summed E-state index contributed by atoms with van der Waals surface area (Å²) < 4.78 is 2.38. The molecule has 0 unspecified atom stereocenters. The van der Waals surface area contributed by atoms with Gasteiger partial charge in [0.1, 0.15) is 0 Å². The summed E-state index contributed by atoms with van der Waals surface area (Å²) in [6, 6.07) is 67.6. The molecule has 8 aromatic carbocycles. The zero-order valence-corrected chi connectivity index (χ0v) is 32.6. The molecule has 0 aliphatic carbocycles. The van der Waals surface area contributed by atoms with Crippen molar-refractivity contribution in [1.29, 1.82) is 5.26 Å². The lowest BCUT2D eigenvalue weighted by atomic mass is 9.99. The number of hydrogen-bond donors (Lipinski definition) is 0. The minimum Gasteiger partial charge on any atom is -0.308 e. The van der Waals surface area contributed by atoms with Gasteiger partial charge in [-0.2, -0.15) is 5.26 Å². The molecule has 2 heterocycles. The van der Waals surface area contributed by atoms with E-state index >= 15 is 0 Å². The van der Waals surface area contributed by atoms with Crippen LogP contribution in [0.5, 0.6) is 0 Å². The zero-order chi connectivity index (χ0) is 39.9. The second kappa shape index (κ2) is 14.9. The average molecular weight is 756 g/mol. The lowest BCUT2D eigenvalue weighted by molar-refractivity contribution is 1.06. The Morgan fingerprint density at radius 3 is 1.36 bits per heavy atom. The van der Waals surface area contributed by atoms with Gasteiger partial charge in [-0.05, 0) is 83.6 Å². The molecular weight excluding hydrogens is 719 g/mol. The highest BCUT2D eigenvalue weighted by atomic mass is 15.1. The standard InChI is InChI=1S/C54H37N5/c1-35-12-9-19-40(28-35)43-22-25-46-47-26-23-44(41-20-10-13-36(2)29-41)32-50(47)59(49(46)31-43)51-33-45(42-21-11-14-37(30-42)34-55)24-27-48(51)54-57-52(38-15-5-3-6-16-38)56-53(58-54)39-17-7-4-8-18-39/h3-33H,1-2H3. The predicted octanol–water partition coefficient (Wildman–Crippen LogP) is 13.5. The van der Waals surface area contributed by atoms with Crippen molar-refractivity contribution in [3.63, 3.8) is 0 Å². The van der Waals surface area contributed by atoms with Crippen LogP contribution in [-0.2, 0) is 0 Å². The second-order valence-electron chi connectivity index (χ2n) is 15.0. The van der Waals surface area contributed by atoms with Gasteiger partial charge < -0.3 is 4.57 Å². The summed E-state index contributed by atoms with van der Waals surface area (Å²) in [5.74, 6) is 1.75. The van der Waals surface area contributed by atoms with Gasteiger partial charge >= 0.3 is 0 Å². The van der Waals surface area contributed by atoms with E-state index in [4.69, 9.17) is 15.0 Å². The Morgan fingerprint density at radius 1 is 0.390 bits per heavy atom. The molecule has 5 nitrogen and oxygen atoms in total. The minimum atomic E-state index is 0.560. The molecule has 278 valence electrons. The highest BCUT2D eigenvalue weighted by molar-refractivity contribution is 6.11. The maximum Gasteiger partial charge on any atom is 0.166 e. The van der Waals surface area contributed by atoms with Crippen molar-refractivity contribution < 1.29 is 0 Å². The fourth-order valence-electron chi connectivity index (χ4n) is 8.07. The fraction of sp³-hybridized carbons (Fsp3) is 0.0370. The van der Waals surface area contributed by atoms with Crippen LogP contribution in [0.15, 0.2) is 188 Å². The normalized spacial score (nSPS) is 11.2. The van der Waals surface area contributed by atoms with Crippen molar-refractivity contribution in [1.82, 2.24) is 19.5 Å². The van der Waals surface area contributed by atoms with Gasteiger partial charge in [0.15, 0.2) is 17.5 Å². The van der Waals surface area contributed by atoms with Gasteiger partial charge in [0.25, 0.3) is 0 Å². The summed E-state index contributed by atoms with van der Waals surface area (Å²) in [5.41, 5.74) is 15.2. The first-order valence-electron chi connectivity index (χ1n) is 19.7. The molecule has 0 aliphatic rings. The van der Waals surface area contributed by atoms with Gasteiger partial charge in [0.05, 0.1) is 28.4 Å². The van der Waals surface area contributed by atoms with Gasteiger partial charge in [-0.25, -0.2) is 15.0 Å². The quantitative estimate of drug-likeness (QED) is 0.162. The number of nitriles is 1. The number of fused-ring (bicyclic) bond motifs is 3. The molecule has 0 saturated carbocycles. The number of benzene rings is 8. The smallest absolute Gasteiger partial charge is 0.166 e. The van der Waals surface area contributed by atoms with Gasteiger partial charge in [-0.15, -0.1) is 0 Å². The number of hydrogen-bond acceptors (Lipinski definition) is 4. The van der Waals surface area contributed by atoms with E-state index in [0.29, 0.717) is 23.0 Å².